The summed E-state index contributed by atoms with van der Waals surface area (Å²) in [5, 5.41) is 15.9. The summed E-state index contributed by atoms with van der Waals surface area (Å²) in [4.78, 5) is 15.3. The second kappa shape index (κ2) is 5.85. The third kappa shape index (κ3) is 2.68. The highest BCUT2D eigenvalue weighted by Crippen LogP contribution is 2.48. The fourth-order valence-corrected chi connectivity index (χ4v) is 4.80. The van der Waals surface area contributed by atoms with Gasteiger partial charge in [-0.2, -0.15) is 0 Å². The molecule has 1 unspecified atom stereocenters. The normalized spacial score (nSPS) is 16.8. The molecule has 1 aliphatic rings. The van der Waals surface area contributed by atoms with Crippen LogP contribution in [-0.4, -0.2) is 19.3 Å². The van der Waals surface area contributed by atoms with Crippen LogP contribution in [0.3, 0.4) is 0 Å². The molecule has 3 N–H and O–H groups in total. The summed E-state index contributed by atoms with van der Waals surface area (Å²) in [6.45, 7) is 2.09. The number of guanidine groups is 1. The van der Waals surface area contributed by atoms with Crippen LogP contribution >= 0.6 is 22.7 Å². The van der Waals surface area contributed by atoms with Crippen LogP contribution in [-0.2, 0) is 10.3 Å². The monoisotopic (exact) mass is 333 g/mol. The third-order valence-corrected chi connectivity index (χ3v) is 6.46. The molecule has 1 fully saturated rings. The number of aldehydes is 1. The summed E-state index contributed by atoms with van der Waals surface area (Å²) in [6.07, 6.45) is 3.02. The molecule has 6 heteroatoms. The van der Waals surface area contributed by atoms with E-state index in [4.69, 9.17) is 5.41 Å². The van der Waals surface area contributed by atoms with Crippen molar-refractivity contribution in [1.29, 1.82) is 5.41 Å². The van der Waals surface area contributed by atoms with Gasteiger partial charge in [0.1, 0.15) is 5.54 Å². The fourth-order valence-electron chi connectivity index (χ4n) is 2.61. The van der Waals surface area contributed by atoms with Gasteiger partial charge in [0.2, 0.25) is 0 Å². The Kier molecular flexibility index (Phi) is 4.06. The molecule has 3 rings (SSSR count). The minimum atomic E-state index is -0.769. The first-order valence-electron chi connectivity index (χ1n) is 7.25. The molecule has 2 heterocycles. The van der Waals surface area contributed by atoms with Crippen LogP contribution in [0, 0.1) is 18.3 Å². The first-order chi connectivity index (χ1) is 10.6. The van der Waals surface area contributed by atoms with E-state index in [2.05, 4.69) is 35.1 Å². The lowest BCUT2D eigenvalue weighted by Crippen LogP contribution is -2.51. The average molecular weight is 333 g/mol. The van der Waals surface area contributed by atoms with Gasteiger partial charge < -0.3 is 15.4 Å². The Morgan fingerprint density at radius 1 is 1.41 bits per heavy atom. The van der Waals surface area contributed by atoms with E-state index in [1.807, 2.05) is 6.07 Å². The van der Waals surface area contributed by atoms with E-state index in [0.29, 0.717) is 0 Å². The Hall–Kier alpha value is -1.66. The van der Waals surface area contributed by atoms with Gasteiger partial charge in [-0.05, 0) is 54.8 Å². The van der Waals surface area contributed by atoms with E-state index in [1.165, 1.54) is 15.3 Å². The van der Waals surface area contributed by atoms with Crippen LogP contribution < -0.4 is 10.6 Å². The molecule has 0 radical (unpaired) electrons. The van der Waals surface area contributed by atoms with Crippen LogP contribution in [0.4, 0.5) is 0 Å². The number of nitrogens with one attached hydrogen (secondary N) is 3. The van der Waals surface area contributed by atoms with Crippen molar-refractivity contribution in [3.8, 4) is 9.75 Å². The molecule has 0 bridgehead atoms. The van der Waals surface area contributed by atoms with Gasteiger partial charge in [-0.25, -0.2) is 0 Å². The number of thiophene rings is 2. The highest BCUT2D eigenvalue weighted by atomic mass is 32.1. The van der Waals surface area contributed by atoms with Gasteiger partial charge in [-0.1, -0.05) is 0 Å². The molecule has 0 amide bonds. The third-order valence-electron chi connectivity index (χ3n) is 3.98. The lowest BCUT2D eigenvalue weighted by molar-refractivity contribution is -0.113. The average Bonchev–Trinajstić information content (AvgIpc) is 3.09. The largest absolute Gasteiger partial charge is 0.360 e. The number of hydrogen-bond acceptors (Lipinski definition) is 4. The SMILES string of the molecule is CNC(=N)NC(C=O)(c1ccc(-c2cc(C)cs2)s1)C1CC1. The minimum Gasteiger partial charge on any atom is -0.360 e. The highest BCUT2D eigenvalue weighted by Gasteiger charge is 2.48. The van der Waals surface area contributed by atoms with Crippen LogP contribution in [0.5, 0.6) is 0 Å². The summed E-state index contributed by atoms with van der Waals surface area (Å²) in [5.74, 6) is 0.455. The lowest BCUT2D eigenvalue weighted by Gasteiger charge is -2.29. The topological polar surface area (TPSA) is 65.0 Å². The van der Waals surface area contributed by atoms with E-state index in [1.54, 1.807) is 29.7 Å². The summed E-state index contributed by atoms with van der Waals surface area (Å²) in [6, 6.07) is 6.28. The molecule has 0 spiro atoms. The fraction of sp³-hybridized carbons (Fsp3) is 0.375. The van der Waals surface area contributed by atoms with Crippen molar-refractivity contribution in [1.82, 2.24) is 10.6 Å². The number of rotatable bonds is 5. The quantitative estimate of drug-likeness (QED) is 0.447. The van der Waals surface area contributed by atoms with E-state index < -0.39 is 5.54 Å². The minimum absolute atomic E-state index is 0.181. The zero-order chi connectivity index (χ0) is 15.7. The number of aryl methyl sites for hydroxylation is 1. The van der Waals surface area contributed by atoms with Crippen molar-refractivity contribution >= 4 is 34.9 Å². The summed E-state index contributed by atoms with van der Waals surface area (Å²) in [5.41, 5.74) is 0.490. The molecule has 116 valence electrons. The van der Waals surface area contributed by atoms with Gasteiger partial charge in [0.25, 0.3) is 0 Å². The molecule has 0 aromatic carbocycles. The second-order valence-corrected chi connectivity index (χ2v) is 7.66. The van der Waals surface area contributed by atoms with E-state index in [9.17, 15) is 4.79 Å². The van der Waals surface area contributed by atoms with Crippen molar-refractivity contribution in [2.45, 2.75) is 25.3 Å². The van der Waals surface area contributed by atoms with Crippen molar-refractivity contribution in [2.75, 3.05) is 7.05 Å². The molecule has 1 saturated carbocycles. The van der Waals surface area contributed by atoms with Crippen molar-refractivity contribution < 1.29 is 4.79 Å². The molecule has 1 aliphatic carbocycles. The molecule has 22 heavy (non-hydrogen) atoms. The predicted molar refractivity (Wildman–Crippen MR) is 92.8 cm³/mol. The molecule has 4 nitrogen and oxygen atoms in total. The van der Waals surface area contributed by atoms with Gasteiger partial charge in [0.15, 0.2) is 12.2 Å². The molecular formula is C16H19N3OS2. The van der Waals surface area contributed by atoms with Crippen LogP contribution in [0.2, 0.25) is 0 Å². The van der Waals surface area contributed by atoms with Crippen LogP contribution in [0.15, 0.2) is 23.6 Å². The Bertz CT molecular complexity index is 702. The first kappa shape index (κ1) is 15.2. The molecule has 2 aromatic heterocycles. The highest BCUT2D eigenvalue weighted by molar-refractivity contribution is 7.21. The molecule has 0 saturated heterocycles. The van der Waals surface area contributed by atoms with Crippen molar-refractivity contribution in [2.24, 2.45) is 5.92 Å². The predicted octanol–water partition coefficient (Wildman–Crippen LogP) is 3.33. The Labute approximate surface area is 138 Å². The number of hydrogen-bond donors (Lipinski definition) is 3. The van der Waals surface area contributed by atoms with Crippen molar-refractivity contribution in [3.05, 3.63) is 34.0 Å². The summed E-state index contributed by atoms with van der Waals surface area (Å²) in [7, 11) is 1.69. The molecule has 0 aliphatic heterocycles. The van der Waals surface area contributed by atoms with Gasteiger partial charge in [-0.15, -0.1) is 22.7 Å². The molecular weight excluding hydrogens is 314 g/mol. The maximum absolute atomic E-state index is 11.9. The van der Waals surface area contributed by atoms with E-state index in [-0.39, 0.29) is 11.9 Å². The van der Waals surface area contributed by atoms with Gasteiger partial charge in [0.05, 0.1) is 0 Å². The van der Waals surface area contributed by atoms with Gasteiger partial charge in [-0.3, -0.25) is 5.41 Å². The van der Waals surface area contributed by atoms with Crippen LogP contribution in [0.1, 0.15) is 23.3 Å². The smallest absolute Gasteiger partial charge is 0.189 e. The van der Waals surface area contributed by atoms with E-state index >= 15 is 0 Å². The van der Waals surface area contributed by atoms with Crippen LogP contribution in [0.25, 0.3) is 9.75 Å². The summed E-state index contributed by atoms with van der Waals surface area (Å²) < 4.78 is 0. The molecule has 1 atom stereocenters. The second-order valence-electron chi connectivity index (χ2n) is 5.66. The van der Waals surface area contributed by atoms with Gasteiger partial charge in [0, 0.05) is 21.7 Å². The van der Waals surface area contributed by atoms with Crippen molar-refractivity contribution in [3.63, 3.8) is 0 Å². The first-order valence-corrected chi connectivity index (χ1v) is 8.95. The zero-order valence-electron chi connectivity index (χ0n) is 12.6. The Morgan fingerprint density at radius 2 is 2.18 bits per heavy atom. The van der Waals surface area contributed by atoms with E-state index in [0.717, 1.165) is 24.0 Å². The Morgan fingerprint density at radius 3 is 2.73 bits per heavy atom. The zero-order valence-corrected chi connectivity index (χ0v) is 14.2. The number of carbonyl (C=O) groups is 1. The molecule has 2 aromatic rings. The Balaban J connectivity index is 1.96. The lowest BCUT2D eigenvalue weighted by atomic mass is 9.93. The van der Waals surface area contributed by atoms with Gasteiger partial charge >= 0.3 is 0 Å². The number of carbonyl (C=O) groups excluding carboxylic acids is 1. The maximum atomic E-state index is 11.9. The summed E-state index contributed by atoms with van der Waals surface area (Å²) >= 11 is 3.37. The standard InChI is InChI=1S/C16H19N3OS2/c1-10-7-13(21-8-10)12-5-6-14(22-12)16(9-20,11-3-4-11)19-15(17)18-2/h5-9,11H,3-4H2,1-2H3,(H3,17,18,19). The maximum Gasteiger partial charge on any atom is 0.189 e.